The van der Waals surface area contributed by atoms with Crippen molar-refractivity contribution >= 4 is 11.3 Å². The summed E-state index contributed by atoms with van der Waals surface area (Å²) < 4.78 is 0. The first-order valence-corrected chi connectivity index (χ1v) is 7.57. The highest BCUT2D eigenvalue weighted by molar-refractivity contribution is 7.09. The van der Waals surface area contributed by atoms with Gasteiger partial charge in [-0.05, 0) is 38.6 Å². The lowest BCUT2D eigenvalue weighted by atomic mass is 9.72. The maximum Gasteiger partial charge on any atom is 0.113 e. The molecule has 2 rings (SSSR count). The van der Waals surface area contributed by atoms with E-state index >= 15 is 0 Å². The van der Waals surface area contributed by atoms with Crippen LogP contribution in [0.25, 0.3) is 0 Å². The Balaban J connectivity index is 2.24. The molecule has 1 N–H and O–H groups in total. The van der Waals surface area contributed by atoms with Crippen LogP contribution in [0, 0.1) is 18.8 Å². The molecule has 0 aliphatic heterocycles. The van der Waals surface area contributed by atoms with Gasteiger partial charge in [0.1, 0.15) is 5.01 Å². The van der Waals surface area contributed by atoms with Gasteiger partial charge in [0, 0.05) is 11.1 Å². The third-order valence-corrected chi connectivity index (χ3v) is 5.40. The van der Waals surface area contributed by atoms with Gasteiger partial charge in [0.05, 0.1) is 5.54 Å². The van der Waals surface area contributed by atoms with Crippen LogP contribution in [0.2, 0.25) is 0 Å². The quantitative estimate of drug-likeness (QED) is 0.887. The topological polar surface area (TPSA) is 24.9 Å². The van der Waals surface area contributed by atoms with Gasteiger partial charge in [-0.2, -0.15) is 0 Å². The van der Waals surface area contributed by atoms with Gasteiger partial charge >= 0.3 is 0 Å². The number of aromatic nitrogens is 1. The third-order valence-electron chi connectivity index (χ3n) is 4.24. The van der Waals surface area contributed by atoms with Crippen molar-refractivity contribution in [2.24, 2.45) is 11.8 Å². The van der Waals surface area contributed by atoms with Crippen LogP contribution in [0.5, 0.6) is 0 Å². The lowest BCUT2D eigenvalue weighted by Crippen LogP contribution is -2.45. The fraction of sp³-hybridized carbons (Fsp3) is 0.786. The highest BCUT2D eigenvalue weighted by atomic mass is 32.1. The minimum Gasteiger partial charge on any atom is -0.308 e. The average Bonchev–Trinajstić information content (AvgIpc) is 2.76. The Morgan fingerprint density at radius 1 is 1.53 bits per heavy atom. The van der Waals surface area contributed by atoms with Gasteiger partial charge in [-0.1, -0.05) is 26.7 Å². The van der Waals surface area contributed by atoms with Gasteiger partial charge in [-0.25, -0.2) is 4.98 Å². The molecule has 1 heterocycles. The van der Waals surface area contributed by atoms with Crippen molar-refractivity contribution in [3.63, 3.8) is 0 Å². The predicted octanol–water partition coefficient (Wildman–Crippen LogP) is 3.71. The summed E-state index contributed by atoms with van der Waals surface area (Å²) in [5, 5.41) is 7.05. The van der Waals surface area contributed by atoms with Crippen molar-refractivity contribution in [2.45, 2.75) is 52.0 Å². The van der Waals surface area contributed by atoms with Gasteiger partial charge in [0.15, 0.2) is 0 Å². The van der Waals surface area contributed by atoms with Crippen LogP contribution in [0.3, 0.4) is 0 Å². The SMILES string of the molecule is CNC1(c2nc(C)cs2)CCCC(C(C)C)C1. The maximum absolute atomic E-state index is 4.73. The van der Waals surface area contributed by atoms with Crippen LogP contribution < -0.4 is 5.32 Å². The highest BCUT2D eigenvalue weighted by Crippen LogP contribution is 2.43. The molecule has 1 aliphatic rings. The van der Waals surface area contributed by atoms with Crippen LogP contribution in [-0.4, -0.2) is 12.0 Å². The van der Waals surface area contributed by atoms with E-state index in [1.165, 1.54) is 30.7 Å². The number of nitrogens with zero attached hydrogens (tertiary/aromatic N) is 1. The van der Waals surface area contributed by atoms with Gasteiger partial charge in [0.2, 0.25) is 0 Å². The molecule has 3 heteroatoms. The maximum atomic E-state index is 4.73. The van der Waals surface area contributed by atoms with Gasteiger partial charge in [0.25, 0.3) is 0 Å². The normalized spacial score (nSPS) is 29.8. The standard InChI is InChI=1S/C14H24N2S/c1-10(2)12-6-5-7-14(8-12,15-4)13-16-11(3)9-17-13/h9-10,12,15H,5-8H2,1-4H3. The Labute approximate surface area is 109 Å². The molecule has 0 aromatic carbocycles. The van der Waals surface area contributed by atoms with E-state index in [-0.39, 0.29) is 5.54 Å². The Kier molecular flexibility index (Phi) is 3.88. The lowest BCUT2D eigenvalue weighted by Gasteiger charge is -2.41. The number of nitrogens with one attached hydrogen (secondary N) is 1. The van der Waals surface area contributed by atoms with Crippen molar-refractivity contribution in [3.05, 3.63) is 16.1 Å². The fourth-order valence-corrected chi connectivity index (χ4v) is 4.03. The second kappa shape index (κ2) is 5.07. The summed E-state index contributed by atoms with van der Waals surface area (Å²) >= 11 is 1.82. The Hall–Kier alpha value is -0.410. The molecule has 1 saturated carbocycles. The Bertz CT molecular complexity index is 372. The van der Waals surface area contributed by atoms with Crippen LogP contribution >= 0.6 is 11.3 Å². The molecule has 0 saturated heterocycles. The number of hydrogen-bond acceptors (Lipinski definition) is 3. The molecule has 96 valence electrons. The summed E-state index contributed by atoms with van der Waals surface area (Å²) in [4.78, 5) is 4.73. The molecule has 1 aromatic rings. The minimum atomic E-state index is 0.145. The molecular formula is C14H24N2S. The Morgan fingerprint density at radius 2 is 2.29 bits per heavy atom. The molecule has 0 radical (unpaired) electrons. The van der Waals surface area contributed by atoms with E-state index in [1.54, 1.807) is 0 Å². The fourth-order valence-electron chi connectivity index (χ4n) is 2.99. The van der Waals surface area contributed by atoms with E-state index in [0.717, 1.165) is 17.5 Å². The molecule has 2 nitrogen and oxygen atoms in total. The van der Waals surface area contributed by atoms with Crippen molar-refractivity contribution in [1.29, 1.82) is 0 Å². The Morgan fingerprint density at radius 3 is 2.82 bits per heavy atom. The first-order valence-electron chi connectivity index (χ1n) is 6.69. The summed E-state index contributed by atoms with van der Waals surface area (Å²) in [6.45, 7) is 6.79. The van der Waals surface area contributed by atoms with Crippen molar-refractivity contribution < 1.29 is 0 Å². The van der Waals surface area contributed by atoms with Gasteiger partial charge in [-0.3, -0.25) is 0 Å². The number of thiazole rings is 1. The zero-order valence-electron chi connectivity index (χ0n) is 11.4. The van der Waals surface area contributed by atoms with E-state index in [4.69, 9.17) is 4.98 Å². The molecule has 2 atom stereocenters. The molecule has 0 amide bonds. The molecule has 1 aliphatic carbocycles. The zero-order valence-corrected chi connectivity index (χ0v) is 12.2. The molecule has 2 unspecified atom stereocenters. The van der Waals surface area contributed by atoms with Crippen molar-refractivity contribution in [1.82, 2.24) is 10.3 Å². The average molecular weight is 252 g/mol. The van der Waals surface area contributed by atoms with E-state index in [2.05, 4.69) is 38.5 Å². The van der Waals surface area contributed by atoms with Crippen LogP contribution in [0.4, 0.5) is 0 Å². The van der Waals surface area contributed by atoms with E-state index in [9.17, 15) is 0 Å². The monoisotopic (exact) mass is 252 g/mol. The zero-order chi connectivity index (χ0) is 12.5. The summed E-state index contributed by atoms with van der Waals surface area (Å²) in [7, 11) is 2.10. The summed E-state index contributed by atoms with van der Waals surface area (Å²) in [5.41, 5.74) is 1.30. The number of aryl methyl sites for hydroxylation is 1. The van der Waals surface area contributed by atoms with Gasteiger partial charge in [-0.15, -0.1) is 11.3 Å². The van der Waals surface area contributed by atoms with Crippen LogP contribution in [-0.2, 0) is 5.54 Å². The molecule has 1 aromatic heterocycles. The largest absolute Gasteiger partial charge is 0.308 e. The van der Waals surface area contributed by atoms with E-state index < -0.39 is 0 Å². The highest BCUT2D eigenvalue weighted by Gasteiger charge is 2.39. The number of rotatable bonds is 3. The van der Waals surface area contributed by atoms with Crippen molar-refractivity contribution in [3.8, 4) is 0 Å². The van der Waals surface area contributed by atoms with Gasteiger partial charge < -0.3 is 5.32 Å². The summed E-state index contributed by atoms with van der Waals surface area (Å²) in [6.07, 6.45) is 5.18. The minimum absolute atomic E-state index is 0.145. The summed E-state index contributed by atoms with van der Waals surface area (Å²) in [6, 6.07) is 0. The van der Waals surface area contributed by atoms with E-state index in [1.807, 2.05) is 11.3 Å². The molecule has 17 heavy (non-hydrogen) atoms. The first-order chi connectivity index (χ1) is 8.07. The number of hydrogen-bond donors (Lipinski definition) is 1. The van der Waals surface area contributed by atoms with E-state index in [0.29, 0.717) is 0 Å². The van der Waals surface area contributed by atoms with Crippen LogP contribution in [0.1, 0.15) is 50.2 Å². The smallest absolute Gasteiger partial charge is 0.113 e. The molecule has 0 spiro atoms. The molecule has 1 fully saturated rings. The lowest BCUT2D eigenvalue weighted by molar-refractivity contribution is 0.155. The summed E-state index contributed by atoms with van der Waals surface area (Å²) in [5.74, 6) is 1.62. The van der Waals surface area contributed by atoms with Crippen LogP contribution in [0.15, 0.2) is 5.38 Å². The molecule has 0 bridgehead atoms. The molecular weight excluding hydrogens is 228 g/mol. The third kappa shape index (κ3) is 2.55. The predicted molar refractivity (Wildman–Crippen MR) is 74.4 cm³/mol. The first kappa shape index (κ1) is 13.0. The second-order valence-electron chi connectivity index (χ2n) is 5.73. The van der Waals surface area contributed by atoms with Crippen molar-refractivity contribution in [2.75, 3.05) is 7.05 Å². The second-order valence-corrected chi connectivity index (χ2v) is 6.58.